The van der Waals surface area contributed by atoms with E-state index in [1.165, 1.54) is 24.3 Å². The predicted octanol–water partition coefficient (Wildman–Crippen LogP) is 4.40. The summed E-state index contributed by atoms with van der Waals surface area (Å²) >= 11 is 0. The number of hydrogen-bond donors (Lipinski definition) is 1. The quantitative estimate of drug-likeness (QED) is 0.525. The van der Waals surface area contributed by atoms with Crippen LogP contribution in [0.2, 0.25) is 0 Å². The van der Waals surface area contributed by atoms with Crippen molar-refractivity contribution in [1.82, 2.24) is 9.80 Å². The normalized spacial score (nSPS) is 17.1. The van der Waals surface area contributed by atoms with E-state index < -0.39 is 5.54 Å². The summed E-state index contributed by atoms with van der Waals surface area (Å²) in [6, 6.07) is 15.3. The molecule has 0 radical (unpaired) electrons. The number of carbonyl (C=O) groups excluding carboxylic acids is 3. The average Bonchev–Trinajstić information content (AvgIpc) is 3.15. The predicted molar refractivity (Wildman–Crippen MR) is 138 cm³/mol. The van der Waals surface area contributed by atoms with Gasteiger partial charge in [0.1, 0.15) is 17.9 Å². The second kappa shape index (κ2) is 11.5. The van der Waals surface area contributed by atoms with Crippen molar-refractivity contribution in [2.45, 2.75) is 57.4 Å². The molecular formula is C28H35FN4O3. The van der Waals surface area contributed by atoms with E-state index in [-0.39, 0.29) is 30.1 Å². The van der Waals surface area contributed by atoms with Crippen molar-refractivity contribution in [2.24, 2.45) is 0 Å². The van der Waals surface area contributed by atoms with E-state index in [0.29, 0.717) is 44.7 Å². The van der Waals surface area contributed by atoms with Crippen LogP contribution in [-0.4, -0.2) is 59.4 Å². The fourth-order valence-corrected chi connectivity index (χ4v) is 5.22. The third-order valence-corrected chi connectivity index (χ3v) is 7.23. The van der Waals surface area contributed by atoms with Crippen LogP contribution >= 0.6 is 0 Å². The maximum absolute atomic E-state index is 13.8. The lowest BCUT2D eigenvalue weighted by atomic mass is 9.85. The number of nitrogens with one attached hydrogen (secondary N) is 1. The minimum absolute atomic E-state index is 0.0874. The van der Waals surface area contributed by atoms with Gasteiger partial charge in [0.05, 0.1) is 6.67 Å². The Bertz CT molecular complexity index is 1050. The molecule has 2 aromatic rings. The number of hydrogen-bond acceptors (Lipinski definition) is 4. The maximum Gasteiger partial charge on any atom is 0.250 e. The van der Waals surface area contributed by atoms with Crippen LogP contribution in [0.1, 0.15) is 51.9 Å². The first-order chi connectivity index (χ1) is 17.4. The van der Waals surface area contributed by atoms with Crippen LogP contribution in [0.4, 0.5) is 15.8 Å². The lowest BCUT2D eigenvalue weighted by molar-refractivity contribution is -0.139. The Kier molecular flexibility index (Phi) is 8.23. The maximum atomic E-state index is 13.8. The van der Waals surface area contributed by atoms with E-state index >= 15 is 0 Å². The van der Waals surface area contributed by atoms with Crippen LogP contribution in [-0.2, 0) is 14.4 Å². The summed E-state index contributed by atoms with van der Waals surface area (Å²) in [5, 5.41) is 2.74. The van der Waals surface area contributed by atoms with Crippen molar-refractivity contribution >= 4 is 29.1 Å². The number of carbonyl (C=O) groups is 3. The SMILES string of the molecule is CCCCCCC(=O)N1CCC2(CC1)C(=O)N(CC(=O)Nc1ccc(F)cc1)CN2c1ccccc1. The third-order valence-electron chi connectivity index (χ3n) is 7.23. The zero-order valence-corrected chi connectivity index (χ0v) is 20.9. The molecule has 1 N–H and O–H groups in total. The molecule has 4 rings (SSSR count). The lowest BCUT2D eigenvalue weighted by Crippen LogP contribution is -2.57. The molecule has 0 bridgehead atoms. The molecule has 2 saturated heterocycles. The van der Waals surface area contributed by atoms with Gasteiger partial charge in [0, 0.05) is 30.9 Å². The summed E-state index contributed by atoms with van der Waals surface area (Å²) in [6.07, 6.45) is 5.85. The lowest BCUT2D eigenvalue weighted by Gasteiger charge is -2.43. The van der Waals surface area contributed by atoms with Gasteiger partial charge in [-0.1, -0.05) is 44.4 Å². The van der Waals surface area contributed by atoms with Crippen LogP contribution in [0.3, 0.4) is 0 Å². The minimum atomic E-state index is -0.781. The van der Waals surface area contributed by atoms with Gasteiger partial charge in [-0.3, -0.25) is 14.4 Å². The molecule has 2 aliphatic rings. The number of benzene rings is 2. The molecule has 3 amide bonds. The first kappa shape index (κ1) is 25.7. The second-order valence-electron chi connectivity index (χ2n) is 9.69. The highest BCUT2D eigenvalue weighted by molar-refractivity contribution is 5.99. The van der Waals surface area contributed by atoms with Gasteiger partial charge >= 0.3 is 0 Å². The van der Waals surface area contributed by atoms with E-state index in [0.717, 1.165) is 31.4 Å². The minimum Gasteiger partial charge on any atom is -0.342 e. The highest BCUT2D eigenvalue weighted by atomic mass is 19.1. The number of piperidine rings is 1. The van der Waals surface area contributed by atoms with Gasteiger partial charge < -0.3 is 20.0 Å². The topological polar surface area (TPSA) is 73.0 Å². The largest absolute Gasteiger partial charge is 0.342 e. The van der Waals surface area contributed by atoms with Gasteiger partial charge in [-0.2, -0.15) is 0 Å². The molecule has 36 heavy (non-hydrogen) atoms. The van der Waals surface area contributed by atoms with Crippen LogP contribution < -0.4 is 10.2 Å². The molecule has 7 nitrogen and oxygen atoms in total. The van der Waals surface area contributed by atoms with Crippen molar-refractivity contribution in [1.29, 1.82) is 0 Å². The molecule has 2 aromatic carbocycles. The standard InChI is InChI=1S/C28H35FN4O3/c1-2-3-4-8-11-26(35)31-18-16-28(17-19-31)27(36)32(21-33(28)24-9-6-5-7-10-24)20-25(34)30-23-14-12-22(29)13-15-23/h5-7,9-10,12-15H,2-4,8,11,16-21H2,1H3,(H,30,34). The van der Waals surface area contributed by atoms with Gasteiger partial charge in [-0.05, 0) is 55.7 Å². The first-order valence-electron chi connectivity index (χ1n) is 12.9. The van der Waals surface area contributed by atoms with Crippen LogP contribution in [0.25, 0.3) is 0 Å². The number of nitrogens with zero attached hydrogens (tertiary/aromatic N) is 3. The Balaban J connectivity index is 1.45. The van der Waals surface area contributed by atoms with Gasteiger partial charge in [0.25, 0.3) is 5.91 Å². The first-order valence-corrected chi connectivity index (χ1v) is 12.9. The van der Waals surface area contributed by atoms with Gasteiger partial charge in [-0.15, -0.1) is 0 Å². The fourth-order valence-electron chi connectivity index (χ4n) is 5.22. The van der Waals surface area contributed by atoms with E-state index in [1.807, 2.05) is 35.2 Å². The zero-order valence-electron chi connectivity index (χ0n) is 20.9. The zero-order chi connectivity index (χ0) is 25.5. The third kappa shape index (κ3) is 5.69. The Labute approximate surface area is 212 Å². The summed E-state index contributed by atoms with van der Waals surface area (Å²) in [5.74, 6) is -0.641. The van der Waals surface area contributed by atoms with E-state index in [4.69, 9.17) is 0 Å². The number of halogens is 1. The van der Waals surface area contributed by atoms with E-state index in [2.05, 4.69) is 17.1 Å². The van der Waals surface area contributed by atoms with Gasteiger partial charge in [-0.25, -0.2) is 4.39 Å². The smallest absolute Gasteiger partial charge is 0.250 e. The Hall–Kier alpha value is -3.42. The number of unbranched alkanes of at least 4 members (excludes halogenated alkanes) is 3. The number of para-hydroxylation sites is 1. The average molecular weight is 495 g/mol. The van der Waals surface area contributed by atoms with E-state index in [9.17, 15) is 18.8 Å². The number of rotatable bonds is 9. The van der Waals surface area contributed by atoms with Crippen molar-refractivity contribution in [3.63, 3.8) is 0 Å². The molecule has 0 saturated carbocycles. The summed E-state index contributed by atoms with van der Waals surface area (Å²) < 4.78 is 13.2. The van der Waals surface area contributed by atoms with Crippen molar-refractivity contribution < 1.29 is 18.8 Å². The molecule has 2 fully saturated rings. The summed E-state index contributed by atoms with van der Waals surface area (Å²) in [6.45, 7) is 3.40. The number of amides is 3. The number of likely N-dealkylation sites (tertiary alicyclic amines) is 1. The molecule has 8 heteroatoms. The monoisotopic (exact) mass is 494 g/mol. The van der Waals surface area contributed by atoms with Crippen molar-refractivity contribution in [3.05, 3.63) is 60.4 Å². The van der Waals surface area contributed by atoms with Crippen LogP contribution in [0.5, 0.6) is 0 Å². The van der Waals surface area contributed by atoms with Crippen molar-refractivity contribution in [3.8, 4) is 0 Å². The fraction of sp³-hybridized carbons (Fsp3) is 0.464. The molecular weight excluding hydrogens is 459 g/mol. The summed E-state index contributed by atoms with van der Waals surface area (Å²) in [4.78, 5) is 44.8. The Morgan fingerprint density at radius 2 is 1.67 bits per heavy atom. The second-order valence-corrected chi connectivity index (χ2v) is 9.69. The molecule has 2 aliphatic heterocycles. The van der Waals surface area contributed by atoms with Crippen LogP contribution in [0.15, 0.2) is 54.6 Å². The Morgan fingerprint density at radius 1 is 0.972 bits per heavy atom. The molecule has 0 unspecified atom stereocenters. The molecule has 2 heterocycles. The number of anilines is 2. The van der Waals surface area contributed by atoms with Gasteiger partial charge in [0.15, 0.2) is 0 Å². The van der Waals surface area contributed by atoms with E-state index in [1.54, 1.807) is 4.90 Å². The molecule has 0 aliphatic carbocycles. The molecule has 0 atom stereocenters. The molecule has 192 valence electrons. The highest BCUT2D eigenvalue weighted by Gasteiger charge is 2.54. The molecule has 0 aromatic heterocycles. The summed E-state index contributed by atoms with van der Waals surface area (Å²) in [7, 11) is 0. The highest BCUT2D eigenvalue weighted by Crippen LogP contribution is 2.39. The van der Waals surface area contributed by atoms with Crippen LogP contribution in [0, 0.1) is 5.82 Å². The Morgan fingerprint density at radius 3 is 2.33 bits per heavy atom. The molecule has 1 spiro atoms. The summed E-state index contributed by atoms with van der Waals surface area (Å²) in [5.41, 5.74) is 0.622. The van der Waals surface area contributed by atoms with Gasteiger partial charge in [0.2, 0.25) is 11.8 Å². The van der Waals surface area contributed by atoms with Crippen molar-refractivity contribution in [2.75, 3.05) is 36.5 Å².